The summed E-state index contributed by atoms with van der Waals surface area (Å²) in [6, 6.07) is 10.8. The van der Waals surface area contributed by atoms with Gasteiger partial charge in [-0.15, -0.1) is 19.7 Å². The molecule has 7 heteroatoms. The van der Waals surface area contributed by atoms with E-state index in [1.807, 2.05) is 35.3 Å². The maximum atomic E-state index is 6.73. The topological polar surface area (TPSA) is 27.7 Å². The van der Waals surface area contributed by atoms with Crippen LogP contribution in [0.3, 0.4) is 0 Å². The van der Waals surface area contributed by atoms with Crippen molar-refractivity contribution in [3.63, 3.8) is 0 Å². The highest BCUT2D eigenvalue weighted by Crippen LogP contribution is 2.30. The maximum absolute atomic E-state index is 6.73. The van der Waals surface area contributed by atoms with E-state index in [0.717, 1.165) is 5.56 Å². The molecule has 0 fully saturated rings. The SMILES string of the molecule is C=C[Si](C)(C)O[Si](CC=Cc1ccccc1)(O[Si](C)(C)C=C)O[Si](C)(C)C=C. The van der Waals surface area contributed by atoms with Gasteiger partial charge in [-0.2, -0.15) is 0 Å². The van der Waals surface area contributed by atoms with Crippen molar-refractivity contribution in [2.45, 2.75) is 45.3 Å². The van der Waals surface area contributed by atoms with Gasteiger partial charge in [0, 0.05) is 6.04 Å². The smallest absolute Gasteiger partial charge is 0.413 e. The van der Waals surface area contributed by atoms with Gasteiger partial charge in [0.25, 0.3) is 0 Å². The Bertz CT molecular complexity index is 642. The lowest BCUT2D eigenvalue weighted by molar-refractivity contribution is 0.260. The van der Waals surface area contributed by atoms with E-state index >= 15 is 0 Å². The minimum absolute atomic E-state index is 0.612. The normalized spacial score (nSPS) is 13.5. The molecular weight excluding hydrogens is 413 g/mol. The zero-order valence-electron chi connectivity index (χ0n) is 18.3. The molecule has 0 aliphatic rings. The predicted octanol–water partition coefficient (Wildman–Crippen LogP) is 6.48. The molecule has 0 aromatic heterocycles. The van der Waals surface area contributed by atoms with Crippen LogP contribution in [0.5, 0.6) is 0 Å². The number of hydrogen-bond acceptors (Lipinski definition) is 3. The van der Waals surface area contributed by atoms with Crippen molar-refractivity contribution in [2.24, 2.45) is 0 Å². The zero-order chi connectivity index (χ0) is 21.5. The Hall–Kier alpha value is -1.07. The first kappa shape index (κ1) is 25.0. The summed E-state index contributed by atoms with van der Waals surface area (Å²) in [5.41, 5.74) is 6.96. The van der Waals surface area contributed by atoms with Crippen molar-refractivity contribution >= 4 is 39.8 Å². The molecule has 28 heavy (non-hydrogen) atoms. The average Bonchev–Trinajstić information content (AvgIpc) is 2.61. The maximum Gasteiger partial charge on any atom is 0.474 e. The van der Waals surface area contributed by atoms with Crippen molar-refractivity contribution in [3.8, 4) is 0 Å². The Morgan fingerprint density at radius 3 is 1.46 bits per heavy atom. The molecule has 1 aromatic carbocycles. The molecule has 0 saturated heterocycles. The van der Waals surface area contributed by atoms with Crippen LogP contribution in [0.25, 0.3) is 6.08 Å². The van der Waals surface area contributed by atoms with E-state index in [4.69, 9.17) is 12.3 Å². The summed E-state index contributed by atoms with van der Waals surface area (Å²) >= 11 is 0. The highest BCUT2D eigenvalue weighted by Gasteiger charge is 2.50. The third kappa shape index (κ3) is 8.52. The van der Waals surface area contributed by atoms with E-state index in [-0.39, 0.29) is 0 Å². The van der Waals surface area contributed by atoms with E-state index in [2.05, 4.69) is 83.3 Å². The largest absolute Gasteiger partial charge is 0.474 e. The monoisotopic (exact) mass is 448 g/mol. The Kier molecular flexibility index (Phi) is 9.01. The number of rotatable bonds is 12. The second-order valence-electron chi connectivity index (χ2n) is 8.43. The van der Waals surface area contributed by atoms with Crippen LogP contribution >= 0.6 is 0 Å². The summed E-state index contributed by atoms with van der Waals surface area (Å²) in [4.78, 5) is 0. The fourth-order valence-corrected chi connectivity index (χ4v) is 16.1. The molecule has 0 radical (unpaired) electrons. The average molecular weight is 449 g/mol. The Morgan fingerprint density at radius 1 is 0.714 bits per heavy atom. The quantitative estimate of drug-likeness (QED) is 0.342. The van der Waals surface area contributed by atoms with Gasteiger partial charge in [0.1, 0.15) is 0 Å². The van der Waals surface area contributed by atoms with E-state index < -0.39 is 33.8 Å². The minimum Gasteiger partial charge on any atom is -0.413 e. The zero-order valence-corrected chi connectivity index (χ0v) is 22.3. The third-order valence-corrected chi connectivity index (χ3v) is 17.9. The van der Waals surface area contributed by atoms with Crippen molar-refractivity contribution < 1.29 is 12.3 Å². The lowest BCUT2D eigenvalue weighted by atomic mass is 10.2. The van der Waals surface area contributed by atoms with Gasteiger partial charge in [0.15, 0.2) is 0 Å². The van der Waals surface area contributed by atoms with Crippen LogP contribution in [-0.4, -0.2) is 33.8 Å². The molecule has 1 rings (SSSR count). The van der Waals surface area contributed by atoms with E-state index in [1.54, 1.807) is 0 Å². The molecule has 0 N–H and O–H groups in total. The lowest BCUT2D eigenvalue weighted by Crippen LogP contribution is -2.61. The molecule has 0 spiro atoms. The summed E-state index contributed by atoms with van der Waals surface area (Å²) in [7, 11) is -9.48. The first-order valence-electron chi connectivity index (χ1n) is 9.61. The van der Waals surface area contributed by atoms with Gasteiger partial charge in [-0.1, -0.05) is 59.6 Å². The summed E-state index contributed by atoms with van der Waals surface area (Å²) in [6.45, 7) is 24.7. The van der Waals surface area contributed by atoms with Gasteiger partial charge in [0.05, 0.1) is 0 Å². The van der Waals surface area contributed by atoms with Crippen LogP contribution in [0.1, 0.15) is 5.56 Å². The molecular formula is C21H36O3Si4. The molecule has 0 unspecified atom stereocenters. The second kappa shape index (κ2) is 10.1. The predicted molar refractivity (Wildman–Crippen MR) is 132 cm³/mol. The van der Waals surface area contributed by atoms with Crippen molar-refractivity contribution in [2.75, 3.05) is 0 Å². The molecule has 0 amide bonds. The summed E-state index contributed by atoms with van der Waals surface area (Å²) in [5, 5.41) is 0. The van der Waals surface area contributed by atoms with Crippen LogP contribution in [0.2, 0.25) is 45.3 Å². The minimum atomic E-state index is -3.03. The van der Waals surface area contributed by atoms with Gasteiger partial charge < -0.3 is 12.3 Å². The lowest BCUT2D eigenvalue weighted by Gasteiger charge is -2.42. The number of benzene rings is 1. The van der Waals surface area contributed by atoms with Crippen LogP contribution in [0.4, 0.5) is 0 Å². The Balaban J connectivity index is 3.34. The van der Waals surface area contributed by atoms with Crippen LogP contribution < -0.4 is 0 Å². The van der Waals surface area contributed by atoms with Gasteiger partial charge in [0.2, 0.25) is 25.0 Å². The van der Waals surface area contributed by atoms with E-state index in [1.165, 1.54) is 0 Å². The first-order valence-corrected chi connectivity index (χ1v) is 20.5. The third-order valence-electron chi connectivity index (χ3n) is 4.21. The van der Waals surface area contributed by atoms with E-state index in [9.17, 15) is 0 Å². The van der Waals surface area contributed by atoms with Crippen LogP contribution in [-0.2, 0) is 12.3 Å². The van der Waals surface area contributed by atoms with Gasteiger partial charge in [-0.25, -0.2) is 0 Å². The van der Waals surface area contributed by atoms with E-state index in [0.29, 0.717) is 6.04 Å². The standard InChI is InChI=1S/C21H36O3Si4/c1-10-25(4,5)22-28(23-26(6,7)11-2,24-27(8,9)12-3)20-16-19-21-17-14-13-15-18-21/h10-19H,1-3,20H2,4-9H3. The summed E-state index contributed by atoms with van der Waals surface area (Å²) in [5.74, 6) is 0. The molecule has 0 aliphatic carbocycles. The Morgan fingerprint density at radius 2 is 1.11 bits per heavy atom. The van der Waals surface area contributed by atoms with Crippen LogP contribution in [0, 0.1) is 0 Å². The van der Waals surface area contributed by atoms with Gasteiger partial charge >= 0.3 is 8.80 Å². The fourth-order valence-electron chi connectivity index (χ4n) is 2.42. The number of allylic oxidation sites excluding steroid dienone is 1. The van der Waals surface area contributed by atoms with Crippen molar-refractivity contribution in [1.82, 2.24) is 0 Å². The molecule has 0 saturated carbocycles. The van der Waals surface area contributed by atoms with Crippen molar-refractivity contribution in [1.29, 1.82) is 0 Å². The second-order valence-corrected chi connectivity index (χ2v) is 23.5. The fraction of sp³-hybridized carbons (Fsp3) is 0.333. The molecule has 0 heterocycles. The molecule has 3 nitrogen and oxygen atoms in total. The van der Waals surface area contributed by atoms with Gasteiger partial charge in [-0.05, 0) is 44.8 Å². The summed E-state index contributed by atoms with van der Waals surface area (Å²) < 4.78 is 20.2. The molecule has 154 valence electrons. The molecule has 1 aromatic rings. The molecule has 0 bridgehead atoms. The highest BCUT2D eigenvalue weighted by atomic mass is 28.5. The highest BCUT2D eigenvalue weighted by molar-refractivity contribution is 6.93. The van der Waals surface area contributed by atoms with Gasteiger partial charge in [-0.3, -0.25) is 0 Å². The van der Waals surface area contributed by atoms with Crippen LogP contribution in [0.15, 0.2) is 73.2 Å². The summed E-state index contributed by atoms with van der Waals surface area (Å²) in [6.07, 6.45) is 4.22. The molecule has 0 atom stereocenters. The number of hydrogen-bond donors (Lipinski definition) is 0. The molecule has 0 aliphatic heterocycles. The van der Waals surface area contributed by atoms with Crippen molar-refractivity contribution in [3.05, 3.63) is 78.8 Å². The first-order chi connectivity index (χ1) is 12.9. The Labute approximate surface area is 176 Å².